The molecule has 0 saturated heterocycles. The molecule has 1 fully saturated rings. The first-order valence-corrected chi connectivity index (χ1v) is 11.1. The fourth-order valence-corrected chi connectivity index (χ4v) is 4.99. The molecule has 0 aromatic heterocycles. The number of hydrogen-bond acceptors (Lipinski definition) is 4. The van der Waals surface area contributed by atoms with Gasteiger partial charge in [0.2, 0.25) is 0 Å². The van der Waals surface area contributed by atoms with E-state index in [1.807, 2.05) is 12.1 Å². The lowest BCUT2D eigenvalue weighted by Crippen LogP contribution is -2.26. The topological polar surface area (TPSA) is 86.2 Å². The van der Waals surface area contributed by atoms with Gasteiger partial charge in [-0.25, -0.2) is 0 Å². The summed E-state index contributed by atoms with van der Waals surface area (Å²) in [6.07, 6.45) is 13.6. The van der Waals surface area contributed by atoms with E-state index < -0.39 is 0 Å². The van der Waals surface area contributed by atoms with Crippen molar-refractivity contribution in [3.63, 3.8) is 0 Å². The SMILES string of the molecule is CCCCC1CCC(c2ccc(C3=CC(N)=C4C(=O)C=CC(N)=C4C3=O)cc2)CC1. The monoisotopic (exact) mass is 402 g/mol. The number of unbranched alkanes of at least 4 members (excludes halogenated alkanes) is 1. The first kappa shape index (κ1) is 20.4. The molecule has 1 aromatic rings. The molecule has 0 bridgehead atoms. The van der Waals surface area contributed by atoms with Gasteiger partial charge in [0.15, 0.2) is 11.6 Å². The molecule has 1 aromatic carbocycles. The van der Waals surface area contributed by atoms with E-state index in [1.165, 1.54) is 62.7 Å². The second kappa shape index (κ2) is 8.47. The van der Waals surface area contributed by atoms with Gasteiger partial charge in [0, 0.05) is 17.0 Å². The summed E-state index contributed by atoms with van der Waals surface area (Å²) in [6, 6.07) is 8.27. The van der Waals surface area contributed by atoms with Crippen molar-refractivity contribution in [2.45, 2.75) is 57.8 Å². The van der Waals surface area contributed by atoms with Gasteiger partial charge in [-0.2, -0.15) is 0 Å². The van der Waals surface area contributed by atoms with Crippen LogP contribution in [0.2, 0.25) is 0 Å². The number of carbonyl (C=O) groups is 2. The molecule has 4 heteroatoms. The lowest BCUT2D eigenvalue weighted by Gasteiger charge is -2.29. The van der Waals surface area contributed by atoms with Gasteiger partial charge < -0.3 is 11.5 Å². The normalized spacial score (nSPS) is 24.2. The summed E-state index contributed by atoms with van der Waals surface area (Å²) in [7, 11) is 0. The van der Waals surface area contributed by atoms with E-state index in [0.717, 1.165) is 11.5 Å². The third-order valence-electron chi connectivity index (χ3n) is 6.77. The number of allylic oxidation sites excluding steroid dienone is 6. The van der Waals surface area contributed by atoms with Crippen LogP contribution in [0.25, 0.3) is 5.57 Å². The highest BCUT2D eigenvalue weighted by Crippen LogP contribution is 2.39. The van der Waals surface area contributed by atoms with Gasteiger partial charge in [-0.05, 0) is 66.9 Å². The molecule has 30 heavy (non-hydrogen) atoms. The Morgan fingerprint density at radius 2 is 1.60 bits per heavy atom. The van der Waals surface area contributed by atoms with Crippen molar-refractivity contribution in [2.24, 2.45) is 17.4 Å². The minimum Gasteiger partial charge on any atom is -0.398 e. The van der Waals surface area contributed by atoms with Gasteiger partial charge in [-0.1, -0.05) is 50.5 Å². The molecule has 1 saturated carbocycles. The summed E-state index contributed by atoms with van der Waals surface area (Å²) < 4.78 is 0. The number of rotatable bonds is 5. The maximum absolute atomic E-state index is 13.1. The second-order valence-corrected chi connectivity index (χ2v) is 8.73. The number of ketones is 2. The van der Waals surface area contributed by atoms with Gasteiger partial charge in [-0.3, -0.25) is 9.59 Å². The van der Waals surface area contributed by atoms with Crippen molar-refractivity contribution in [3.05, 3.63) is 76.2 Å². The molecule has 3 aliphatic carbocycles. The molecule has 4 nitrogen and oxygen atoms in total. The molecular formula is C26H30N2O2. The molecule has 4 N–H and O–H groups in total. The number of Topliss-reactive ketones (excluding diaryl/α,β-unsaturated/α-hetero) is 1. The van der Waals surface area contributed by atoms with Crippen LogP contribution in [0.15, 0.2) is 65.0 Å². The predicted molar refractivity (Wildman–Crippen MR) is 120 cm³/mol. The number of benzene rings is 1. The first-order chi connectivity index (χ1) is 14.5. The lowest BCUT2D eigenvalue weighted by atomic mass is 9.76. The quantitative estimate of drug-likeness (QED) is 0.749. The number of fused-ring (bicyclic) bond motifs is 1. The van der Waals surface area contributed by atoms with Gasteiger partial charge in [-0.15, -0.1) is 0 Å². The molecule has 4 rings (SSSR count). The zero-order valence-corrected chi connectivity index (χ0v) is 17.6. The largest absolute Gasteiger partial charge is 0.398 e. The van der Waals surface area contributed by atoms with Crippen LogP contribution in [0.3, 0.4) is 0 Å². The molecule has 0 heterocycles. The Morgan fingerprint density at radius 3 is 2.27 bits per heavy atom. The molecule has 3 aliphatic rings. The Labute approximate surface area is 178 Å². The highest BCUT2D eigenvalue weighted by molar-refractivity contribution is 6.36. The average Bonchev–Trinajstić information content (AvgIpc) is 2.77. The summed E-state index contributed by atoms with van der Waals surface area (Å²) in [5.74, 6) is 0.980. The van der Waals surface area contributed by atoms with E-state index >= 15 is 0 Å². The van der Waals surface area contributed by atoms with Crippen LogP contribution in [0, 0.1) is 5.92 Å². The van der Waals surface area contributed by atoms with Crippen molar-refractivity contribution in [2.75, 3.05) is 0 Å². The minimum absolute atomic E-state index is 0.222. The standard InChI is InChI=1S/C26H30N2O2/c1-2-3-4-16-5-7-17(8-6-16)18-9-11-19(12-10-18)20-15-22(28)24-23(29)14-13-21(27)25(24)26(20)30/h9-17H,2-8,27-28H2,1H3. The van der Waals surface area contributed by atoms with Crippen LogP contribution >= 0.6 is 0 Å². The van der Waals surface area contributed by atoms with E-state index in [-0.39, 0.29) is 22.7 Å². The summed E-state index contributed by atoms with van der Waals surface area (Å²) in [5.41, 5.74) is 15.8. The highest BCUT2D eigenvalue weighted by atomic mass is 16.1. The van der Waals surface area contributed by atoms with E-state index in [4.69, 9.17) is 11.5 Å². The van der Waals surface area contributed by atoms with Crippen LogP contribution in [-0.2, 0) is 9.59 Å². The first-order valence-electron chi connectivity index (χ1n) is 11.1. The predicted octanol–water partition coefficient (Wildman–Crippen LogP) is 4.68. The third kappa shape index (κ3) is 3.79. The van der Waals surface area contributed by atoms with Gasteiger partial charge >= 0.3 is 0 Å². The summed E-state index contributed by atoms with van der Waals surface area (Å²) >= 11 is 0. The Kier molecular flexibility index (Phi) is 5.76. The Morgan fingerprint density at radius 1 is 0.900 bits per heavy atom. The minimum atomic E-state index is -0.273. The number of nitrogens with two attached hydrogens (primary N) is 2. The second-order valence-electron chi connectivity index (χ2n) is 8.73. The van der Waals surface area contributed by atoms with Crippen molar-refractivity contribution >= 4 is 17.1 Å². The summed E-state index contributed by atoms with van der Waals surface area (Å²) in [4.78, 5) is 25.3. The lowest BCUT2D eigenvalue weighted by molar-refractivity contribution is -0.113. The summed E-state index contributed by atoms with van der Waals surface area (Å²) in [5, 5.41) is 0. The molecular weight excluding hydrogens is 372 g/mol. The molecule has 0 atom stereocenters. The van der Waals surface area contributed by atoms with Crippen molar-refractivity contribution in [3.8, 4) is 0 Å². The molecule has 0 radical (unpaired) electrons. The smallest absolute Gasteiger partial charge is 0.196 e. The molecule has 0 spiro atoms. The zero-order chi connectivity index (χ0) is 21.3. The third-order valence-corrected chi connectivity index (χ3v) is 6.77. The van der Waals surface area contributed by atoms with Crippen molar-refractivity contribution in [1.82, 2.24) is 0 Å². The Hall–Kier alpha value is -2.88. The van der Waals surface area contributed by atoms with Gasteiger partial charge in [0.1, 0.15) is 0 Å². The van der Waals surface area contributed by atoms with E-state index in [0.29, 0.717) is 22.9 Å². The Balaban J connectivity index is 1.53. The number of carbonyl (C=O) groups excluding carboxylic acids is 2. The summed E-state index contributed by atoms with van der Waals surface area (Å²) in [6.45, 7) is 2.26. The molecule has 0 aliphatic heterocycles. The van der Waals surface area contributed by atoms with Crippen LogP contribution < -0.4 is 11.5 Å². The molecule has 0 amide bonds. The van der Waals surface area contributed by atoms with Crippen molar-refractivity contribution in [1.29, 1.82) is 0 Å². The molecule has 156 valence electrons. The van der Waals surface area contributed by atoms with Gasteiger partial charge in [0.05, 0.1) is 11.1 Å². The fourth-order valence-electron chi connectivity index (χ4n) is 4.99. The molecule has 0 unspecified atom stereocenters. The van der Waals surface area contributed by atoms with Crippen molar-refractivity contribution < 1.29 is 9.59 Å². The Bertz CT molecular complexity index is 984. The maximum atomic E-state index is 13.1. The maximum Gasteiger partial charge on any atom is 0.196 e. The zero-order valence-electron chi connectivity index (χ0n) is 17.6. The van der Waals surface area contributed by atoms with Gasteiger partial charge in [0.25, 0.3) is 0 Å². The van der Waals surface area contributed by atoms with Crippen LogP contribution in [0.1, 0.15) is 68.9 Å². The average molecular weight is 403 g/mol. The van der Waals surface area contributed by atoms with Crippen LogP contribution in [0.4, 0.5) is 0 Å². The highest BCUT2D eigenvalue weighted by Gasteiger charge is 2.33. The van der Waals surface area contributed by atoms with Crippen LogP contribution in [0.5, 0.6) is 0 Å². The number of hydrogen-bond donors (Lipinski definition) is 2. The van der Waals surface area contributed by atoms with Crippen LogP contribution in [-0.4, -0.2) is 11.6 Å². The van der Waals surface area contributed by atoms with E-state index in [9.17, 15) is 9.59 Å². The van der Waals surface area contributed by atoms with E-state index in [1.54, 1.807) is 6.08 Å². The fraction of sp³-hybridized carbons (Fsp3) is 0.385. The van der Waals surface area contributed by atoms with E-state index in [2.05, 4.69) is 19.1 Å².